The molecule has 0 saturated carbocycles. The molecule has 8 nitrogen and oxygen atoms in total. The molecular formula is C24H24BrN3O5S2. The van der Waals surface area contributed by atoms with Gasteiger partial charge in [-0.05, 0) is 60.5 Å². The second-order valence-electron chi connectivity index (χ2n) is 8.18. The number of anilines is 2. The Morgan fingerprint density at radius 1 is 0.886 bits per heavy atom. The maximum Gasteiger partial charge on any atom is 0.264 e. The van der Waals surface area contributed by atoms with Gasteiger partial charge in [-0.1, -0.05) is 40.2 Å². The number of sulfonamides is 2. The van der Waals surface area contributed by atoms with Crippen LogP contribution in [-0.2, 0) is 31.3 Å². The molecule has 11 heteroatoms. The second-order valence-corrected chi connectivity index (χ2v) is 13.1. The van der Waals surface area contributed by atoms with E-state index < -0.39 is 32.5 Å². The standard InChI is InChI=1S/C24H24BrN3O5S2/c1-26(2)34(30,31)22-11-12-23-18(15-22)13-14-27(23)24(29)17-28(20-8-6-7-19(25)16-20)35(32,33)21-9-4-3-5-10-21/h3-12,15-16H,13-14,17H2,1-2H3. The summed E-state index contributed by atoms with van der Waals surface area (Å²) in [6.45, 7) is -0.0811. The number of nitrogens with zero attached hydrogens (tertiary/aromatic N) is 3. The first-order chi connectivity index (χ1) is 16.5. The zero-order valence-corrected chi connectivity index (χ0v) is 22.3. The van der Waals surface area contributed by atoms with Crippen LogP contribution in [0.2, 0.25) is 0 Å². The van der Waals surface area contributed by atoms with Gasteiger partial charge in [0.1, 0.15) is 6.54 Å². The average molecular weight is 579 g/mol. The molecule has 0 aromatic heterocycles. The van der Waals surface area contributed by atoms with Crippen LogP contribution in [0.25, 0.3) is 0 Å². The molecule has 4 rings (SSSR count). The van der Waals surface area contributed by atoms with Gasteiger partial charge in [0.2, 0.25) is 15.9 Å². The Labute approximate surface area is 214 Å². The lowest BCUT2D eigenvalue weighted by Gasteiger charge is -2.27. The molecule has 0 fully saturated rings. The topological polar surface area (TPSA) is 95.1 Å². The highest BCUT2D eigenvalue weighted by Gasteiger charge is 2.32. The lowest BCUT2D eigenvalue weighted by atomic mass is 10.2. The third-order valence-corrected chi connectivity index (χ3v) is 9.82. The summed E-state index contributed by atoms with van der Waals surface area (Å²) in [7, 11) is -4.71. The number of halogens is 1. The monoisotopic (exact) mass is 577 g/mol. The van der Waals surface area contributed by atoms with Crippen LogP contribution in [0.1, 0.15) is 5.56 Å². The molecular weight excluding hydrogens is 554 g/mol. The predicted octanol–water partition coefficient (Wildman–Crippen LogP) is 3.48. The quantitative estimate of drug-likeness (QED) is 0.428. The fraction of sp³-hybridized carbons (Fsp3) is 0.208. The number of hydrogen-bond acceptors (Lipinski definition) is 5. The molecule has 0 bridgehead atoms. The molecule has 1 amide bonds. The van der Waals surface area contributed by atoms with Gasteiger partial charge in [0.05, 0.1) is 15.5 Å². The Morgan fingerprint density at radius 3 is 2.26 bits per heavy atom. The first kappa shape index (κ1) is 25.4. The van der Waals surface area contributed by atoms with Gasteiger partial charge < -0.3 is 4.90 Å². The molecule has 1 aliphatic heterocycles. The minimum absolute atomic E-state index is 0.0770. The number of rotatable bonds is 7. The fourth-order valence-electron chi connectivity index (χ4n) is 3.88. The lowest BCUT2D eigenvalue weighted by molar-refractivity contribution is -0.117. The van der Waals surface area contributed by atoms with Crippen LogP contribution >= 0.6 is 15.9 Å². The van der Waals surface area contributed by atoms with E-state index in [1.54, 1.807) is 54.6 Å². The maximum atomic E-state index is 13.5. The summed E-state index contributed by atoms with van der Waals surface area (Å²) in [5.41, 5.74) is 1.66. The van der Waals surface area contributed by atoms with E-state index in [0.717, 1.165) is 14.2 Å². The van der Waals surface area contributed by atoms with Gasteiger partial charge in [0, 0.05) is 30.8 Å². The summed E-state index contributed by atoms with van der Waals surface area (Å²) in [6.07, 6.45) is 0.472. The molecule has 0 radical (unpaired) electrons. The number of hydrogen-bond donors (Lipinski definition) is 0. The van der Waals surface area contributed by atoms with Crippen molar-refractivity contribution in [1.82, 2.24) is 4.31 Å². The van der Waals surface area contributed by atoms with E-state index in [4.69, 9.17) is 0 Å². The Balaban J connectivity index is 1.68. The van der Waals surface area contributed by atoms with E-state index >= 15 is 0 Å². The van der Waals surface area contributed by atoms with Crippen LogP contribution in [0.15, 0.2) is 87.1 Å². The average Bonchev–Trinajstić information content (AvgIpc) is 3.26. The van der Waals surface area contributed by atoms with Crippen molar-refractivity contribution in [3.8, 4) is 0 Å². The molecule has 0 aliphatic carbocycles. The molecule has 1 aliphatic rings. The summed E-state index contributed by atoms with van der Waals surface area (Å²) in [4.78, 5) is 15.2. The van der Waals surface area contributed by atoms with E-state index in [1.165, 1.54) is 37.2 Å². The Kier molecular flexibility index (Phi) is 7.05. The van der Waals surface area contributed by atoms with Crippen molar-refractivity contribution < 1.29 is 21.6 Å². The predicted molar refractivity (Wildman–Crippen MR) is 138 cm³/mol. The minimum atomic E-state index is -4.03. The highest BCUT2D eigenvalue weighted by atomic mass is 79.9. The van der Waals surface area contributed by atoms with Gasteiger partial charge in [0.15, 0.2) is 0 Å². The summed E-state index contributed by atoms with van der Waals surface area (Å²) < 4.78 is 54.9. The van der Waals surface area contributed by atoms with E-state index in [2.05, 4.69) is 15.9 Å². The largest absolute Gasteiger partial charge is 0.310 e. The molecule has 0 atom stereocenters. The normalized spacial score (nSPS) is 13.7. The van der Waals surface area contributed by atoms with Crippen LogP contribution in [0, 0.1) is 0 Å². The van der Waals surface area contributed by atoms with E-state index in [0.29, 0.717) is 28.8 Å². The summed E-state index contributed by atoms with van der Waals surface area (Å²) in [5.74, 6) is -0.411. The van der Waals surface area contributed by atoms with E-state index in [1.807, 2.05) is 0 Å². The molecule has 184 valence electrons. The van der Waals surface area contributed by atoms with Gasteiger partial charge in [-0.25, -0.2) is 21.1 Å². The SMILES string of the molecule is CN(C)S(=O)(=O)c1ccc2c(c1)CCN2C(=O)CN(c1cccc(Br)c1)S(=O)(=O)c1ccccc1. The maximum absolute atomic E-state index is 13.5. The fourth-order valence-corrected chi connectivity index (χ4v) is 6.65. The van der Waals surface area contributed by atoms with Crippen LogP contribution in [-0.4, -0.2) is 54.2 Å². The van der Waals surface area contributed by atoms with Crippen molar-refractivity contribution in [2.75, 3.05) is 36.4 Å². The van der Waals surface area contributed by atoms with Gasteiger partial charge in [-0.15, -0.1) is 0 Å². The van der Waals surface area contributed by atoms with E-state index in [9.17, 15) is 21.6 Å². The molecule has 3 aromatic carbocycles. The molecule has 0 N–H and O–H groups in total. The van der Waals surface area contributed by atoms with Crippen molar-refractivity contribution in [2.45, 2.75) is 16.2 Å². The van der Waals surface area contributed by atoms with Crippen molar-refractivity contribution in [2.24, 2.45) is 0 Å². The zero-order valence-electron chi connectivity index (χ0n) is 19.1. The number of amides is 1. The summed E-state index contributed by atoms with van der Waals surface area (Å²) >= 11 is 3.37. The number of carbonyl (C=O) groups excluding carboxylic acids is 1. The smallest absolute Gasteiger partial charge is 0.264 e. The van der Waals surface area contributed by atoms with Gasteiger partial charge in [-0.2, -0.15) is 0 Å². The Bertz CT molecular complexity index is 1480. The van der Waals surface area contributed by atoms with Gasteiger partial charge in [-0.3, -0.25) is 9.10 Å². The molecule has 1 heterocycles. The number of fused-ring (bicyclic) bond motifs is 1. The molecule has 3 aromatic rings. The third-order valence-electron chi connectivity index (χ3n) is 5.73. The Hall–Kier alpha value is -2.73. The highest BCUT2D eigenvalue weighted by molar-refractivity contribution is 9.10. The first-order valence-corrected chi connectivity index (χ1v) is 14.4. The van der Waals surface area contributed by atoms with Crippen LogP contribution in [0.5, 0.6) is 0 Å². The molecule has 0 spiro atoms. The van der Waals surface area contributed by atoms with Crippen LogP contribution in [0.4, 0.5) is 11.4 Å². The van der Waals surface area contributed by atoms with E-state index in [-0.39, 0.29) is 9.79 Å². The summed E-state index contributed by atoms with van der Waals surface area (Å²) in [6, 6.07) is 19.4. The molecule has 35 heavy (non-hydrogen) atoms. The first-order valence-electron chi connectivity index (χ1n) is 10.7. The third kappa shape index (κ3) is 4.99. The lowest BCUT2D eigenvalue weighted by Crippen LogP contribution is -2.42. The second kappa shape index (κ2) is 9.73. The zero-order chi connectivity index (χ0) is 25.4. The van der Waals surface area contributed by atoms with Crippen LogP contribution < -0.4 is 9.21 Å². The Morgan fingerprint density at radius 2 is 1.60 bits per heavy atom. The minimum Gasteiger partial charge on any atom is -0.310 e. The molecule has 0 unspecified atom stereocenters. The van der Waals surface area contributed by atoms with Crippen molar-refractivity contribution in [3.05, 3.63) is 82.8 Å². The van der Waals surface area contributed by atoms with Gasteiger partial charge >= 0.3 is 0 Å². The van der Waals surface area contributed by atoms with Crippen LogP contribution in [0.3, 0.4) is 0 Å². The van der Waals surface area contributed by atoms with Crippen molar-refractivity contribution >= 4 is 53.3 Å². The van der Waals surface area contributed by atoms with Crippen molar-refractivity contribution in [1.29, 1.82) is 0 Å². The van der Waals surface area contributed by atoms with Gasteiger partial charge in [0.25, 0.3) is 10.0 Å². The number of benzene rings is 3. The summed E-state index contributed by atoms with van der Waals surface area (Å²) in [5, 5.41) is 0. The number of carbonyl (C=O) groups is 1. The highest BCUT2D eigenvalue weighted by Crippen LogP contribution is 2.32. The molecule has 0 saturated heterocycles. The van der Waals surface area contributed by atoms with Crippen molar-refractivity contribution in [3.63, 3.8) is 0 Å².